The van der Waals surface area contributed by atoms with Gasteiger partial charge in [0.15, 0.2) is 5.82 Å². The molecule has 3 aromatic rings. The van der Waals surface area contributed by atoms with Crippen LogP contribution in [0, 0.1) is 0 Å². The Balaban J connectivity index is 1.64. The molecule has 0 fully saturated rings. The van der Waals surface area contributed by atoms with Crippen LogP contribution in [0.2, 0.25) is 0 Å². The zero-order chi connectivity index (χ0) is 14.5. The molecule has 1 N–H and O–H groups in total. The molecule has 3 rings (SSSR count). The van der Waals surface area contributed by atoms with Crippen molar-refractivity contribution in [2.24, 2.45) is 0 Å². The van der Waals surface area contributed by atoms with Crippen LogP contribution in [0.25, 0.3) is 11.4 Å². The lowest BCUT2D eigenvalue weighted by molar-refractivity contribution is 0.476. The minimum atomic E-state index is 0.633. The summed E-state index contributed by atoms with van der Waals surface area (Å²) in [6, 6.07) is 13.9. The van der Waals surface area contributed by atoms with Crippen molar-refractivity contribution in [1.82, 2.24) is 9.97 Å². The van der Waals surface area contributed by atoms with Gasteiger partial charge in [0.2, 0.25) is 0 Å². The highest BCUT2D eigenvalue weighted by molar-refractivity contribution is 5.55. The van der Waals surface area contributed by atoms with Gasteiger partial charge in [-0.25, -0.2) is 9.97 Å². The molecule has 0 saturated carbocycles. The quantitative estimate of drug-likeness (QED) is 0.769. The molecule has 0 saturated heterocycles. The fraction of sp³-hybridized carbons (Fsp3) is 0.176. The van der Waals surface area contributed by atoms with Gasteiger partial charge in [-0.1, -0.05) is 37.3 Å². The first-order valence-electron chi connectivity index (χ1n) is 7.04. The second kappa shape index (κ2) is 6.22. The van der Waals surface area contributed by atoms with Gasteiger partial charge in [-0.15, -0.1) is 0 Å². The van der Waals surface area contributed by atoms with E-state index in [2.05, 4.69) is 22.2 Å². The Hall–Kier alpha value is -2.62. The summed E-state index contributed by atoms with van der Waals surface area (Å²) >= 11 is 0. The summed E-state index contributed by atoms with van der Waals surface area (Å²) in [5.41, 5.74) is 1.90. The van der Waals surface area contributed by atoms with Crippen LogP contribution < -0.4 is 5.32 Å². The molecule has 0 unspecified atom stereocenters. The van der Waals surface area contributed by atoms with Gasteiger partial charge in [0.05, 0.1) is 24.6 Å². The SMILES string of the molecule is CCc1ccc(CNc2cnc(-c3ccccc3)nc2)o1. The largest absolute Gasteiger partial charge is 0.464 e. The Labute approximate surface area is 123 Å². The van der Waals surface area contributed by atoms with E-state index in [-0.39, 0.29) is 0 Å². The van der Waals surface area contributed by atoms with Crippen LogP contribution in [0.1, 0.15) is 18.4 Å². The van der Waals surface area contributed by atoms with Gasteiger partial charge in [0.25, 0.3) is 0 Å². The zero-order valence-electron chi connectivity index (χ0n) is 11.9. The molecule has 4 heteroatoms. The first-order chi connectivity index (χ1) is 10.3. The number of nitrogens with zero attached hydrogens (tertiary/aromatic N) is 2. The van der Waals surface area contributed by atoms with E-state index in [1.165, 1.54) is 0 Å². The molecule has 0 aliphatic carbocycles. The molecule has 0 aliphatic rings. The van der Waals surface area contributed by atoms with E-state index < -0.39 is 0 Å². The molecule has 4 nitrogen and oxygen atoms in total. The monoisotopic (exact) mass is 279 g/mol. The van der Waals surface area contributed by atoms with E-state index in [1.54, 1.807) is 12.4 Å². The van der Waals surface area contributed by atoms with Crippen LogP contribution in [0.5, 0.6) is 0 Å². The van der Waals surface area contributed by atoms with Gasteiger partial charge in [-0.05, 0) is 12.1 Å². The molecule has 0 atom stereocenters. The fourth-order valence-corrected chi connectivity index (χ4v) is 2.05. The Morgan fingerprint density at radius 2 is 1.67 bits per heavy atom. The summed E-state index contributed by atoms with van der Waals surface area (Å²) in [5.74, 6) is 2.65. The van der Waals surface area contributed by atoms with Crippen LogP contribution in [0.15, 0.2) is 59.3 Å². The number of nitrogens with one attached hydrogen (secondary N) is 1. The minimum absolute atomic E-state index is 0.633. The van der Waals surface area contributed by atoms with Gasteiger partial charge in [-0.2, -0.15) is 0 Å². The number of aromatic nitrogens is 2. The molecule has 0 spiro atoms. The molecule has 2 heterocycles. The number of furan rings is 1. The van der Waals surface area contributed by atoms with Crippen molar-refractivity contribution < 1.29 is 4.42 Å². The van der Waals surface area contributed by atoms with Crippen molar-refractivity contribution >= 4 is 5.69 Å². The minimum Gasteiger partial charge on any atom is -0.464 e. The lowest BCUT2D eigenvalue weighted by atomic mass is 10.2. The maximum absolute atomic E-state index is 5.64. The van der Waals surface area contributed by atoms with Crippen molar-refractivity contribution in [3.8, 4) is 11.4 Å². The topological polar surface area (TPSA) is 51.0 Å². The van der Waals surface area contributed by atoms with E-state index in [0.717, 1.165) is 35.0 Å². The van der Waals surface area contributed by atoms with Crippen molar-refractivity contribution in [2.45, 2.75) is 19.9 Å². The number of hydrogen-bond donors (Lipinski definition) is 1. The third-order valence-corrected chi connectivity index (χ3v) is 3.22. The zero-order valence-corrected chi connectivity index (χ0v) is 11.9. The molecule has 0 amide bonds. The van der Waals surface area contributed by atoms with Crippen LogP contribution in [0.4, 0.5) is 5.69 Å². The third kappa shape index (κ3) is 3.28. The summed E-state index contributed by atoms with van der Waals surface area (Å²) in [4.78, 5) is 8.76. The maximum atomic E-state index is 5.64. The highest BCUT2D eigenvalue weighted by atomic mass is 16.3. The van der Waals surface area contributed by atoms with Gasteiger partial charge in [0, 0.05) is 12.0 Å². The lowest BCUT2D eigenvalue weighted by Gasteiger charge is -2.05. The predicted octanol–water partition coefficient (Wildman–Crippen LogP) is 3.91. The number of rotatable bonds is 5. The van der Waals surface area contributed by atoms with Crippen molar-refractivity contribution in [3.05, 3.63) is 66.4 Å². The van der Waals surface area contributed by atoms with Crippen LogP contribution in [-0.2, 0) is 13.0 Å². The van der Waals surface area contributed by atoms with E-state index >= 15 is 0 Å². The number of benzene rings is 1. The average molecular weight is 279 g/mol. The fourth-order valence-electron chi connectivity index (χ4n) is 2.05. The Bertz CT molecular complexity index is 690. The summed E-state index contributed by atoms with van der Waals surface area (Å²) in [5, 5.41) is 3.26. The molecule has 21 heavy (non-hydrogen) atoms. The highest BCUT2D eigenvalue weighted by Crippen LogP contribution is 2.16. The summed E-state index contributed by atoms with van der Waals surface area (Å²) in [7, 11) is 0. The Morgan fingerprint density at radius 3 is 2.33 bits per heavy atom. The molecule has 0 radical (unpaired) electrons. The van der Waals surface area contributed by atoms with Crippen LogP contribution in [-0.4, -0.2) is 9.97 Å². The highest BCUT2D eigenvalue weighted by Gasteiger charge is 2.02. The van der Waals surface area contributed by atoms with Gasteiger partial charge < -0.3 is 9.73 Å². The van der Waals surface area contributed by atoms with Crippen molar-refractivity contribution in [1.29, 1.82) is 0 Å². The molecule has 0 aliphatic heterocycles. The standard InChI is InChI=1S/C17H17N3O/c1-2-15-8-9-16(21-15)12-18-14-10-19-17(20-11-14)13-6-4-3-5-7-13/h3-11,18H,2,12H2,1H3. The Kier molecular flexibility index (Phi) is 3.96. The van der Waals surface area contributed by atoms with Crippen LogP contribution in [0.3, 0.4) is 0 Å². The van der Waals surface area contributed by atoms with E-state index in [4.69, 9.17) is 4.42 Å². The smallest absolute Gasteiger partial charge is 0.159 e. The molecule has 106 valence electrons. The number of anilines is 1. The maximum Gasteiger partial charge on any atom is 0.159 e. The lowest BCUT2D eigenvalue weighted by Crippen LogP contribution is -2.00. The van der Waals surface area contributed by atoms with Gasteiger partial charge in [0.1, 0.15) is 11.5 Å². The molecular formula is C17H17N3O. The Morgan fingerprint density at radius 1 is 0.952 bits per heavy atom. The molecular weight excluding hydrogens is 262 g/mol. The van der Waals surface area contributed by atoms with Gasteiger partial charge in [-0.3, -0.25) is 0 Å². The molecule has 1 aromatic carbocycles. The molecule has 2 aromatic heterocycles. The summed E-state index contributed by atoms with van der Waals surface area (Å²) < 4.78 is 5.64. The first-order valence-corrected chi connectivity index (χ1v) is 7.04. The predicted molar refractivity (Wildman–Crippen MR) is 82.9 cm³/mol. The summed E-state index contributed by atoms with van der Waals surface area (Å²) in [6.45, 7) is 2.71. The average Bonchev–Trinajstić information content (AvgIpc) is 3.02. The summed E-state index contributed by atoms with van der Waals surface area (Å²) in [6.07, 6.45) is 4.49. The molecule has 0 bridgehead atoms. The van der Waals surface area contributed by atoms with Crippen molar-refractivity contribution in [3.63, 3.8) is 0 Å². The van der Waals surface area contributed by atoms with E-state index in [0.29, 0.717) is 6.54 Å². The number of aryl methyl sites for hydroxylation is 1. The second-order valence-electron chi connectivity index (χ2n) is 4.74. The van der Waals surface area contributed by atoms with Crippen LogP contribution >= 0.6 is 0 Å². The normalized spacial score (nSPS) is 10.5. The van der Waals surface area contributed by atoms with Crippen molar-refractivity contribution in [2.75, 3.05) is 5.32 Å². The number of hydrogen-bond acceptors (Lipinski definition) is 4. The van der Waals surface area contributed by atoms with Gasteiger partial charge >= 0.3 is 0 Å². The second-order valence-corrected chi connectivity index (χ2v) is 4.74. The first kappa shape index (κ1) is 13.4. The third-order valence-electron chi connectivity index (χ3n) is 3.22. The van der Waals surface area contributed by atoms with E-state index in [1.807, 2.05) is 42.5 Å². The van der Waals surface area contributed by atoms with E-state index in [9.17, 15) is 0 Å².